The standard InChI is InChI=1S/C18H14ClN3O5S/c1-10-2-5-12(17(24)25)9-14(10)20-18(28)21-16(23)7-4-11-3-6-13(19)15(8-11)22(26)27/h2-9H,1H3,(H,24,25)(H2,20,21,23,28)/b7-4+. The SMILES string of the molecule is Cc1ccc(C(=O)O)cc1NC(=S)NC(=O)/C=C/c1ccc(Cl)c([N+](=O)[O-])c1. The molecule has 0 atom stereocenters. The number of aromatic carboxylic acids is 1. The van der Waals surface area contributed by atoms with E-state index in [4.69, 9.17) is 28.9 Å². The summed E-state index contributed by atoms with van der Waals surface area (Å²) in [4.78, 5) is 33.3. The maximum atomic E-state index is 12.0. The number of hydrogen-bond acceptors (Lipinski definition) is 5. The monoisotopic (exact) mass is 419 g/mol. The van der Waals surface area contributed by atoms with Gasteiger partial charge in [0.15, 0.2) is 5.11 Å². The summed E-state index contributed by atoms with van der Waals surface area (Å²) >= 11 is 10.8. The lowest BCUT2D eigenvalue weighted by atomic mass is 10.1. The van der Waals surface area contributed by atoms with Gasteiger partial charge in [0.25, 0.3) is 5.69 Å². The normalized spacial score (nSPS) is 10.5. The highest BCUT2D eigenvalue weighted by Gasteiger charge is 2.12. The maximum absolute atomic E-state index is 12.0. The topological polar surface area (TPSA) is 122 Å². The van der Waals surface area contributed by atoms with Gasteiger partial charge >= 0.3 is 5.97 Å². The van der Waals surface area contributed by atoms with E-state index in [1.165, 1.54) is 36.4 Å². The second-order valence-corrected chi connectivity index (χ2v) is 6.39. The van der Waals surface area contributed by atoms with Gasteiger partial charge < -0.3 is 10.4 Å². The van der Waals surface area contributed by atoms with Crippen LogP contribution < -0.4 is 10.6 Å². The molecule has 8 nitrogen and oxygen atoms in total. The molecule has 0 bridgehead atoms. The molecule has 0 heterocycles. The van der Waals surface area contributed by atoms with Crippen molar-refractivity contribution in [3.05, 3.63) is 74.3 Å². The number of carbonyl (C=O) groups is 2. The molecule has 0 radical (unpaired) electrons. The van der Waals surface area contributed by atoms with Gasteiger partial charge in [0, 0.05) is 17.8 Å². The summed E-state index contributed by atoms with van der Waals surface area (Å²) in [5, 5.41) is 25.1. The van der Waals surface area contributed by atoms with Crippen LogP contribution in [0.15, 0.2) is 42.5 Å². The highest BCUT2D eigenvalue weighted by atomic mass is 35.5. The number of rotatable bonds is 5. The molecular weight excluding hydrogens is 406 g/mol. The molecule has 0 fully saturated rings. The number of nitro benzene ring substituents is 1. The Morgan fingerprint density at radius 1 is 1.25 bits per heavy atom. The van der Waals surface area contributed by atoms with Gasteiger partial charge in [-0.1, -0.05) is 23.7 Å². The molecular formula is C18H14ClN3O5S. The molecule has 144 valence electrons. The largest absolute Gasteiger partial charge is 0.478 e. The van der Waals surface area contributed by atoms with Gasteiger partial charge in [0.2, 0.25) is 5.91 Å². The molecule has 1 amide bonds. The number of nitrogens with zero attached hydrogens (tertiary/aromatic N) is 1. The first kappa shape index (κ1) is 21.0. The Labute approximate surface area is 170 Å². The Hall–Kier alpha value is -3.30. The summed E-state index contributed by atoms with van der Waals surface area (Å²) in [5.74, 6) is -1.65. The lowest BCUT2D eigenvalue weighted by Crippen LogP contribution is -2.33. The smallest absolute Gasteiger partial charge is 0.335 e. The van der Waals surface area contributed by atoms with E-state index >= 15 is 0 Å². The van der Waals surface area contributed by atoms with Crippen molar-refractivity contribution in [2.24, 2.45) is 0 Å². The van der Waals surface area contributed by atoms with Crippen LogP contribution in [0.4, 0.5) is 11.4 Å². The minimum atomic E-state index is -1.09. The van der Waals surface area contributed by atoms with E-state index in [1.54, 1.807) is 13.0 Å². The van der Waals surface area contributed by atoms with Crippen molar-refractivity contribution in [3.63, 3.8) is 0 Å². The van der Waals surface area contributed by atoms with Crippen LogP contribution in [0.5, 0.6) is 0 Å². The van der Waals surface area contributed by atoms with Crippen molar-refractivity contribution in [3.8, 4) is 0 Å². The Morgan fingerprint density at radius 3 is 2.61 bits per heavy atom. The number of carboxylic acids is 1. The molecule has 0 unspecified atom stereocenters. The van der Waals surface area contributed by atoms with E-state index in [0.29, 0.717) is 11.3 Å². The minimum Gasteiger partial charge on any atom is -0.478 e. The first-order valence-corrected chi connectivity index (χ1v) is 8.54. The zero-order valence-electron chi connectivity index (χ0n) is 14.4. The molecule has 3 N–H and O–H groups in total. The lowest BCUT2D eigenvalue weighted by molar-refractivity contribution is -0.384. The fourth-order valence-electron chi connectivity index (χ4n) is 2.14. The highest BCUT2D eigenvalue weighted by molar-refractivity contribution is 7.80. The van der Waals surface area contributed by atoms with Crippen LogP contribution in [-0.4, -0.2) is 27.0 Å². The van der Waals surface area contributed by atoms with Crippen molar-refractivity contribution in [1.29, 1.82) is 0 Å². The molecule has 2 aromatic rings. The number of hydrogen-bond donors (Lipinski definition) is 3. The third kappa shape index (κ3) is 5.60. The van der Waals surface area contributed by atoms with Gasteiger partial charge in [-0.25, -0.2) is 4.79 Å². The van der Waals surface area contributed by atoms with Crippen molar-refractivity contribution in [2.75, 3.05) is 5.32 Å². The van der Waals surface area contributed by atoms with Crippen LogP contribution in [-0.2, 0) is 4.79 Å². The highest BCUT2D eigenvalue weighted by Crippen LogP contribution is 2.25. The quantitative estimate of drug-likeness (QED) is 0.292. The Balaban J connectivity index is 2.03. The van der Waals surface area contributed by atoms with Crippen LogP contribution in [0, 0.1) is 17.0 Å². The number of carbonyl (C=O) groups excluding carboxylic acids is 1. The van der Waals surface area contributed by atoms with Crippen LogP contribution in [0.1, 0.15) is 21.5 Å². The van der Waals surface area contributed by atoms with Crippen molar-refractivity contribution >= 4 is 58.3 Å². The number of aryl methyl sites for hydroxylation is 1. The molecule has 2 rings (SSSR count). The third-order valence-electron chi connectivity index (χ3n) is 3.56. The van der Waals surface area contributed by atoms with Crippen LogP contribution in [0.25, 0.3) is 6.08 Å². The summed E-state index contributed by atoms with van der Waals surface area (Å²) in [7, 11) is 0. The van der Waals surface area contributed by atoms with E-state index < -0.39 is 16.8 Å². The van der Waals surface area contributed by atoms with E-state index in [0.717, 1.165) is 11.6 Å². The van der Waals surface area contributed by atoms with E-state index in [9.17, 15) is 19.7 Å². The van der Waals surface area contributed by atoms with Crippen LogP contribution in [0.3, 0.4) is 0 Å². The third-order valence-corrected chi connectivity index (χ3v) is 4.09. The van der Waals surface area contributed by atoms with Gasteiger partial charge in [-0.05, 0) is 54.5 Å². The first-order valence-electron chi connectivity index (χ1n) is 7.75. The number of carboxylic acid groups (broad SMARTS) is 1. The zero-order chi connectivity index (χ0) is 20.8. The summed E-state index contributed by atoms with van der Waals surface area (Å²) in [6.45, 7) is 1.76. The number of nitrogens with one attached hydrogen (secondary N) is 2. The van der Waals surface area contributed by atoms with Gasteiger partial charge in [0.1, 0.15) is 5.02 Å². The Kier molecular flexibility index (Phi) is 6.80. The molecule has 0 saturated carbocycles. The molecule has 0 aliphatic rings. The molecule has 0 spiro atoms. The first-order chi connectivity index (χ1) is 13.2. The van der Waals surface area contributed by atoms with Gasteiger partial charge in [-0.3, -0.25) is 20.2 Å². The Bertz CT molecular complexity index is 1010. The predicted octanol–water partition coefficient (Wildman–Crippen LogP) is 3.78. The second-order valence-electron chi connectivity index (χ2n) is 5.58. The summed E-state index contributed by atoms with van der Waals surface area (Å²) in [6, 6.07) is 8.60. The van der Waals surface area contributed by atoms with E-state index in [-0.39, 0.29) is 21.4 Å². The van der Waals surface area contributed by atoms with Gasteiger partial charge in [-0.15, -0.1) is 0 Å². The summed E-state index contributed by atoms with van der Waals surface area (Å²) < 4.78 is 0. The van der Waals surface area contributed by atoms with Gasteiger partial charge in [-0.2, -0.15) is 0 Å². The molecule has 2 aromatic carbocycles. The average Bonchev–Trinajstić information content (AvgIpc) is 2.62. The maximum Gasteiger partial charge on any atom is 0.335 e. The summed E-state index contributed by atoms with van der Waals surface area (Å²) in [6.07, 6.45) is 2.53. The zero-order valence-corrected chi connectivity index (χ0v) is 16.0. The molecule has 0 aliphatic carbocycles. The number of halogens is 1. The fourth-order valence-corrected chi connectivity index (χ4v) is 2.54. The molecule has 0 aliphatic heterocycles. The van der Waals surface area contributed by atoms with Crippen LogP contribution in [0.2, 0.25) is 5.02 Å². The molecule has 10 heteroatoms. The van der Waals surface area contributed by atoms with E-state index in [2.05, 4.69) is 10.6 Å². The van der Waals surface area contributed by atoms with Gasteiger partial charge in [0.05, 0.1) is 10.5 Å². The number of anilines is 1. The molecule has 28 heavy (non-hydrogen) atoms. The Morgan fingerprint density at radius 2 is 1.96 bits per heavy atom. The molecule has 0 aromatic heterocycles. The lowest BCUT2D eigenvalue weighted by Gasteiger charge is -2.11. The number of benzene rings is 2. The summed E-state index contributed by atoms with van der Waals surface area (Å²) in [5.41, 5.74) is 1.41. The second kappa shape index (κ2) is 9.07. The number of amides is 1. The fraction of sp³-hybridized carbons (Fsp3) is 0.0556. The van der Waals surface area contributed by atoms with E-state index in [1.807, 2.05) is 0 Å². The number of nitro groups is 1. The van der Waals surface area contributed by atoms with Crippen molar-refractivity contribution in [2.45, 2.75) is 6.92 Å². The average molecular weight is 420 g/mol. The van der Waals surface area contributed by atoms with Crippen molar-refractivity contribution in [1.82, 2.24) is 5.32 Å². The number of thiocarbonyl (C=S) groups is 1. The minimum absolute atomic E-state index is 0.00376. The van der Waals surface area contributed by atoms with Crippen LogP contribution >= 0.6 is 23.8 Å². The predicted molar refractivity (Wildman–Crippen MR) is 110 cm³/mol. The molecule has 0 saturated heterocycles. The van der Waals surface area contributed by atoms with Crippen molar-refractivity contribution < 1.29 is 19.6 Å².